The zero-order valence-corrected chi connectivity index (χ0v) is 5.44. The maximum Gasteiger partial charge on any atom is 0 e. The van der Waals surface area contributed by atoms with Crippen molar-refractivity contribution in [3.8, 4) is 0 Å². The molecule has 0 nitrogen and oxygen atoms in total. The smallest absolute Gasteiger partial charge is 0 e. The maximum absolute atomic E-state index is 3.25. The predicted molar refractivity (Wildman–Crippen MR) is 5.86 cm³/mol. The number of hydrogen-bond donors (Lipinski definition) is 0. The van der Waals surface area contributed by atoms with Crippen LogP contribution in [0.1, 0.15) is 0 Å². The first kappa shape index (κ1) is 17.7. The van der Waals surface area contributed by atoms with E-state index in [0.717, 1.165) is 0 Å². The Morgan fingerprint density at radius 3 is 1.25 bits per heavy atom. The first-order chi connectivity index (χ1) is 1.00. The van der Waals surface area contributed by atoms with Crippen LogP contribution in [-0.2, 0) is 49.9 Å². The van der Waals surface area contributed by atoms with Crippen molar-refractivity contribution >= 4 is 0 Å². The van der Waals surface area contributed by atoms with Gasteiger partial charge in [-0.1, -0.05) is 0 Å². The third-order valence-corrected chi connectivity index (χ3v) is 0. The number of rotatable bonds is 0. The molecule has 0 aliphatic heterocycles. The van der Waals surface area contributed by atoms with Crippen molar-refractivity contribution in [2.24, 2.45) is 0 Å². The van der Waals surface area contributed by atoms with E-state index in [4.69, 9.17) is 0 Å². The molecule has 0 aromatic rings. The van der Waals surface area contributed by atoms with Crippen LogP contribution < -0.4 is 0 Å². The van der Waals surface area contributed by atoms with E-state index in [2.05, 4.69) is 16.0 Å². The average Bonchev–Trinajstić information content (AvgIpc) is 1.00. The summed E-state index contributed by atoms with van der Waals surface area (Å²) in [7, 11) is 0. The van der Waals surface area contributed by atoms with Gasteiger partial charge in [0.1, 0.15) is 0 Å². The second-order valence-electron chi connectivity index (χ2n) is 0. The molecule has 0 rings (SSSR count). The Hall–Kier alpha value is 1.55. The van der Waals surface area contributed by atoms with Crippen molar-refractivity contribution in [3.63, 3.8) is 0 Å². The van der Waals surface area contributed by atoms with E-state index < -0.39 is 0 Å². The molecular weight excluding hydrogens is 179 g/mol. The molecule has 4 heavy (non-hydrogen) atoms. The molecule has 0 bridgehead atoms. The van der Waals surface area contributed by atoms with Crippen molar-refractivity contribution in [3.05, 3.63) is 0 Å². The molecule has 0 aliphatic carbocycles. The third kappa shape index (κ3) is 9.62. The molecule has 0 saturated carbocycles. The summed E-state index contributed by atoms with van der Waals surface area (Å²) in [5, 5.41) is 0. The molecule has 31 valence electrons. The monoisotopic (exact) mass is 181 g/mol. The van der Waals surface area contributed by atoms with Crippen LogP contribution in [0.4, 0.5) is 0 Å². The Bertz CT molecular complexity index is 8.00. The summed E-state index contributed by atoms with van der Waals surface area (Å²) in [5.74, 6) is 1.75. The summed E-state index contributed by atoms with van der Waals surface area (Å²) in [6, 6.07) is 0. The van der Waals surface area contributed by atoms with Crippen LogP contribution in [0.5, 0.6) is 0 Å². The molecule has 0 radical (unpaired) electrons. The van der Waals surface area contributed by atoms with Crippen molar-refractivity contribution in [2.45, 2.75) is 5.82 Å². The molecule has 0 amide bonds. The van der Waals surface area contributed by atoms with Gasteiger partial charge < -0.3 is 0 Å². The summed E-state index contributed by atoms with van der Waals surface area (Å²) < 4.78 is 0. The van der Waals surface area contributed by atoms with Crippen LogP contribution in [-0.4, -0.2) is 0 Å². The number of hydrogen-bond acceptors (Lipinski definition) is 0. The molecular formula is CH3CrFeNi. The van der Waals surface area contributed by atoms with Gasteiger partial charge in [-0.25, -0.2) is 0 Å². The Labute approximate surface area is 55.6 Å². The van der Waals surface area contributed by atoms with Gasteiger partial charge in [0.05, 0.1) is 0 Å². The SMILES string of the molecule is [CH3][Fe].[Cr].[Ni]. The van der Waals surface area contributed by atoms with Crippen molar-refractivity contribution < 1.29 is 49.9 Å². The normalized spacial score (nSPS) is 1.50. The van der Waals surface area contributed by atoms with E-state index in [1.807, 2.05) is 0 Å². The minimum Gasteiger partial charge on any atom is 0 e. The molecule has 0 heterocycles. The van der Waals surface area contributed by atoms with Gasteiger partial charge in [0.25, 0.3) is 0 Å². The van der Waals surface area contributed by atoms with Gasteiger partial charge >= 0.3 is 21.8 Å². The minimum absolute atomic E-state index is 0. The van der Waals surface area contributed by atoms with Crippen LogP contribution in [0.2, 0.25) is 5.82 Å². The van der Waals surface area contributed by atoms with Crippen LogP contribution in [0.25, 0.3) is 0 Å². The fourth-order valence-electron chi connectivity index (χ4n) is 0. The van der Waals surface area contributed by atoms with Gasteiger partial charge in [0.2, 0.25) is 0 Å². The summed E-state index contributed by atoms with van der Waals surface area (Å²) in [6.45, 7) is 0. The van der Waals surface area contributed by atoms with Crippen LogP contribution >= 0.6 is 0 Å². The zero-order valence-electron chi connectivity index (χ0n) is 2.08. The van der Waals surface area contributed by atoms with Gasteiger partial charge in [-0.2, -0.15) is 0 Å². The molecule has 0 N–H and O–H groups in total. The summed E-state index contributed by atoms with van der Waals surface area (Å²) in [4.78, 5) is 0. The van der Waals surface area contributed by atoms with Gasteiger partial charge in [0.15, 0.2) is 0 Å². The van der Waals surface area contributed by atoms with Crippen LogP contribution in [0.3, 0.4) is 0 Å². The Kier molecular flexibility index (Phi) is 106. The Morgan fingerprint density at radius 2 is 1.25 bits per heavy atom. The molecule has 0 aromatic carbocycles. The molecule has 0 unspecified atom stereocenters. The van der Waals surface area contributed by atoms with E-state index in [9.17, 15) is 0 Å². The second-order valence-corrected chi connectivity index (χ2v) is 0. The van der Waals surface area contributed by atoms with Gasteiger partial charge in [-0.15, -0.1) is 0 Å². The third-order valence-electron chi connectivity index (χ3n) is 0. The topological polar surface area (TPSA) is 0 Å². The van der Waals surface area contributed by atoms with Crippen molar-refractivity contribution in [2.75, 3.05) is 0 Å². The van der Waals surface area contributed by atoms with Crippen LogP contribution in [0, 0.1) is 0 Å². The summed E-state index contributed by atoms with van der Waals surface area (Å²) >= 11 is 3.25. The first-order valence-corrected chi connectivity index (χ1v) is 1.46. The Balaban J connectivity index is -0.00000000500. The van der Waals surface area contributed by atoms with Gasteiger partial charge in [0, 0.05) is 33.9 Å². The molecule has 0 aliphatic rings. The molecule has 0 fully saturated rings. The van der Waals surface area contributed by atoms with Gasteiger partial charge in [-0.3, -0.25) is 0 Å². The molecule has 0 spiro atoms. The van der Waals surface area contributed by atoms with Crippen molar-refractivity contribution in [1.29, 1.82) is 0 Å². The molecule has 3 heteroatoms. The maximum atomic E-state index is 3.25. The van der Waals surface area contributed by atoms with Crippen LogP contribution in [0.15, 0.2) is 0 Å². The van der Waals surface area contributed by atoms with E-state index in [1.165, 1.54) is 0 Å². The van der Waals surface area contributed by atoms with E-state index >= 15 is 0 Å². The predicted octanol–water partition coefficient (Wildman–Crippen LogP) is 0.576. The van der Waals surface area contributed by atoms with E-state index in [0.29, 0.717) is 0 Å². The minimum atomic E-state index is 0. The first-order valence-electron chi connectivity index (χ1n) is 0.354. The fraction of sp³-hybridized carbons (Fsp3) is 1.00. The van der Waals surface area contributed by atoms with E-state index in [-0.39, 0.29) is 33.9 Å². The summed E-state index contributed by atoms with van der Waals surface area (Å²) in [6.07, 6.45) is 0. The largest absolute Gasteiger partial charge is 0 e. The molecule has 0 atom stereocenters. The Morgan fingerprint density at radius 1 is 1.25 bits per heavy atom. The molecule has 0 saturated heterocycles. The zero-order chi connectivity index (χ0) is 2.00. The fourth-order valence-corrected chi connectivity index (χ4v) is 0. The van der Waals surface area contributed by atoms with Gasteiger partial charge in [-0.05, 0) is 0 Å². The standard InChI is InChI=1S/CH3.Cr.Fe.Ni/h1H3;;;. The van der Waals surface area contributed by atoms with E-state index in [1.54, 1.807) is 5.82 Å². The molecule has 0 aromatic heterocycles. The van der Waals surface area contributed by atoms with Crippen molar-refractivity contribution in [1.82, 2.24) is 0 Å². The summed E-state index contributed by atoms with van der Waals surface area (Å²) in [5.41, 5.74) is 0. The quantitative estimate of drug-likeness (QED) is 0.480. The second kappa shape index (κ2) is 23.9. The average molecular weight is 182 g/mol.